The molecule has 0 bridgehead atoms. The molecular weight excluding hydrogens is 386 g/mol. The van der Waals surface area contributed by atoms with Gasteiger partial charge in [0.2, 0.25) is 5.75 Å². The third-order valence-electron chi connectivity index (χ3n) is 5.25. The number of benzene rings is 2. The smallest absolute Gasteiger partial charge is 0.254 e. The lowest BCUT2D eigenvalue weighted by molar-refractivity contribution is 0.0695. The largest absolute Gasteiger partial charge is 0.493 e. The first-order valence-corrected chi connectivity index (χ1v) is 10.3. The Morgan fingerprint density at radius 1 is 1.00 bits per heavy atom. The van der Waals surface area contributed by atoms with Gasteiger partial charge < -0.3 is 19.1 Å². The zero-order valence-electron chi connectivity index (χ0n) is 16.7. The fourth-order valence-electron chi connectivity index (χ4n) is 3.90. The van der Waals surface area contributed by atoms with Crippen molar-refractivity contribution in [2.75, 3.05) is 27.9 Å². The van der Waals surface area contributed by atoms with Crippen molar-refractivity contribution < 1.29 is 19.0 Å². The molecule has 2 aromatic carbocycles. The average molecular weight is 410 g/mol. The van der Waals surface area contributed by atoms with Crippen molar-refractivity contribution in [1.82, 2.24) is 4.90 Å². The van der Waals surface area contributed by atoms with Gasteiger partial charge in [-0.25, -0.2) is 0 Å². The van der Waals surface area contributed by atoms with E-state index in [1.807, 2.05) is 23.1 Å². The van der Waals surface area contributed by atoms with E-state index < -0.39 is 0 Å². The molecule has 0 radical (unpaired) electrons. The maximum atomic E-state index is 13.6. The lowest BCUT2D eigenvalue weighted by Gasteiger charge is -2.36. The van der Waals surface area contributed by atoms with Gasteiger partial charge >= 0.3 is 0 Å². The van der Waals surface area contributed by atoms with E-state index in [0.29, 0.717) is 29.4 Å². The van der Waals surface area contributed by atoms with Gasteiger partial charge in [-0.3, -0.25) is 4.79 Å². The lowest BCUT2D eigenvalue weighted by atomic mass is 9.92. The summed E-state index contributed by atoms with van der Waals surface area (Å²) in [5, 5.41) is 2.11. The second-order valence-electron chi connectivity index (χ2n) is 6.77. The molecule has 1 aromatic heterocycles. The third-order valence-corrected chi connectivity index (χ3v) is 6.25. The highest BCUT2D eigenvalue weighted by molar-refractivity contribution is 7.10. The van der Waals surface area contributed by atoms with E-state index in [9.17, 15) is 4.79 Å². The Kier molecular flexibility index (Phi) is 5.45. The average Bonchev–Trinajstić information content (AvgIpc) is 3.26. The van der Waals surface area contributed by atoms with Crippen molar-refractivity contribution in [3.05, 3.63) is 75.5 Å². The molecule has 1 aliphatic heterocycles. The van der Waals surface area contributed by atoms with Crippen LogP contribution >= 0.6 is 11.3 Å². The van der Waals surface area contributed by atoms with Crippen LogP contribution in [0.15, 0.2) is 53.9 Å². The van der Waals surface area contributed by atoms with Crippen molar-refractivity contribution >= 4 is 17.2 Å². The van der Waals surface area contributed by atoms with E-state index in [4.69, 9.17) is 14.2 Å². The Labute approximate surface area is 174 Å². The molecule has 0 aliphatic carbocycles. The first-order valence-electron chi connectivity index (χ1n) is 9.40. The quantitative estimate of drug-likeness (QED) is 0.620. The minimum absolute atomic E-state index is 0.0602. The fourth-order valence-corrected chi connectivity index (χ4v) is 4.80. The second-order valence-corrected chi connectivity index (χ2v) is 7.78. The zero-order valence-corrected chi connectivity index (χ0v) is 17.5. The van der Waals surface area contributed by atoms with Gasteiger partial charge in [0, 0.05) is 17.0 Å². The molecule has 1 aliphatic rings. The minimum Gasteiger partial charge on any atom is -0.493 e. The molecule has 0 spiro atoms. The molecule has 29 heavy (non-hydrogen) atoms. The number of hydrogen-bond donors (Lipinski definition) is 0. The predicted octanol–water partition coefficient (Wildman–Crippen LogP) is 4.56. The highest BCUT2D eigenvalue weighted by atomic mass is 32.1. The second kappa shape index (κ2) is 8.17. The number of thiophene rings is 1. The molecule has 5 nitrogen and oxygen atoms in total. The summed E-state index contributed by atoms with van der Waals surface area (Å²) < 4.78 is 16.3. The predicted molar refractivity (Wildman–Crippen MR) is 113 cm³/mol. The summed E-state index contributed by atoms with van der Waals surface area (Å²) in [6.45, 7) is 0.655. The molecule has 0 N–H and O–H groups in total. The molecule has 2 heterocycles. The van der Waals surface area contributed by atoms with Crippen LogP contribution in [0.3, 0.4) is 0 Å². The van der Waals surface area contributed by atoms with E-state index in [1.54, 1.807) is 44.8 Å². The standard InChI is InChI=1S/C23H23NO4S/c1-26-18-13-16(14-19(27-2)22(18)28-3)23(25)24-11-9-20-17(10-12-29-20)21(24)15-7-5-4-6-8-15/h4-8,10,12-14,21H,9,11H2,1-3H3. The van der Waals surface area contributed by atoms with Gasteiger partial charge in [0.1, 0.15) is 0 Å². The molecule has 1 unspecified atom stereocenters. The number of amides is 1. The Morgan fingerprint density at radius 3 is 2.31 bits per heavy atom. The lowest BCUT2D eigenvalue weighted by Crippen LogP contribution is -2.40. The molecule has 4 rings (SSSR count). The number of hydrogen-bond acceptors (Lipinski definition) is 5. The van der Waals surface area contributed by atoms with Gasteiger partial charge in [0.05, 0.1) is 27.4 Å². The van der Waals surface area contributed by atoms with Gasteiger partial charge in [0.25, 0.3) is 5.91 Å². The van der Waals surface area contributed by atoms with Crippen LogP contribution in [0.2, 0.25) is 0 Å². The van der Waals surface area contributed by atoms with Crippen molar-refractivity contribution in [2.45, 2.75) is 12.5 Å². The minimum atomic E-state index is -0.113. The van der Waals surface area contributed by atoms with E-state index in [1.165, 1.54) is 10.4 Å². The molecule has 0 fully saturated rings. The normalized spacial score (nSPS) is 15.6. The summed E-state index contributed by atoms with van der Waals surface area (Å²) in [4.78, 5) is 16.9. The van der Waals surface area contributed by atoms with Crippen LogP contribution in [0.4, 0.5) is 0 Å². The van der Waals surface area contributed by atoms with Crippen LogP contribution in [0.5, 0.6) is 17.2 Å². The first-order chi connectivity index (χ1) is 14.2. The third kappa shape index (κ3) is 3.44. The van der Waals surface area contributed by atoms with Gasteiger partial charge in [-0.2, -0.15) is 0 Å². The van der Waals surface area contributed by atoms with Gasteiger partial charge in [0.15, 0.2) is 11.5 Å². The molecule has 1 atom stereocenters. The maximum absolute atomic E-state index is 13.6. The summed E-state index contributed by atoms with van der Waals surface area (Å²) in [6, 6.07) is 15.6. The van der Waals surface area contributed by atoms with Crippen LogP contribution in [0.1, 0.15) is 32.4 Å². The Bertz CT molecular complexity index is 990. The van der Waals surface area contributed by atoms with Crippen molar-refractivity contribution in [3.63, 3.8) is 0 Å². The van der Waals surface area contributed by atoms with Crippen molar-refractivity contribution in [2.24, 2.45) is 0 Å². The molecule has 6 heteroatoms. The van der Waals surface area contributed by atoms with E-state index in [-0.39, 0.29) is 11.9 Å². The Morgan fingerprint density at radius 2 is 1.69 bits per heavy atom. The Hall–Kier alpha value is -2.99. The summed E-state index contributed by atoms with van der Waals surface area (Å²) in [6.07, 6.45) is 0.854. The maximum Gasteiger partial charge on any atom is 0.254 e. The van der Waals surface area contributed by atoms with Crippen LogP contribution in [0.25, 0.3) is 0 Å². The SMILES string of the molecule is COc1cc(C(=O)N2CCc3sccc3C2c2ccccc2)cc(OC)c1OC. The molecule has 3 aromatic rings. The van der Waals surface area contributed by atoms with E-state index >= 15 is 0 Å². The summed E-state index contributed by atoms with van der Waals surface area (Å²) in [5.74, 6) is 1.36. The monoisotopic (exact) mass is 409 g/mol. The highest BCUT2D eigenvalue weighted by Gasteiger charge is 2.34. The molecule has 1 amide bonds. The molecule has 0 saturated heterocycles. The first kappa shape index (κ1) is 19.3. The van der Waals surface area contributed by atoms with Crippen LogP contribution in [0, 0.1) is 0 Å². The number of methoxy groups -OCH3 is 3. The summed E-state index contributed by atoms with van der Waals surface area (Å²) in [5.41, 5.74) is 2.82. The number of carbonyl (C=O) groups excluding carboxylic acids is 1. The molecular formula is C23H23NO4S. The van der Waals surface area contributed by atoms with Gasteiger partial charge in [-0.1, -0.05) is 30.3 Å². The summed E-state index contributed by atoms with van der Waals surface area (Å²) >= 11 is 1.76. The topological polar surface area (TPSA) is 48.0 Å². The van der Waals surface area contributed by atoms with Crippen molar-refractivity contribution in [3.8, 4) is 17.2 Å². The zero-order chi connectivity index (χ0) is 20.4. The molecule has 0 saturated carbocycles. The van der Waals surface area contributed by atoms with Crippen molar-refractivity contribution in [1.29, 1.82) is 0 Å². The van der Waals surface area contributed by atoms with E-state index in [2.05, 4.69) is 23.6 Å². The molecule has 150 valence electrons. The van der Waals surface area contributed by atoms with Crippen LogP contribution in [-0.4, -0.2) is 38.7 Å². The van der Waals surface area contributed by atoms with Crippen LogP contribution in [-0.2, 0) is 6.42 Å². The Balaban J connectivity index is 1.78. The summed E-state index contributed by atoms with van der Waals surface area (Å²) in [7, 11) is 4.66. The van der Waals surface area contributed by atoms with E-state index in [0.717, 1.165) is 12.0 Å². The highest BCUT2D eigenvalue weighted by Crippen LogP contribution is 2.41. The fraction of sp³-hybridized carbons (Fsp3) is 0.261. The number of rotatable bonds is 5. The number of carbonyl (C=O) groups is 1. The van der Waals surface area contributed by atoms with Crippen LogP contribution < -0.4 is 14.2 Å². The van der Waals surface area contributed by atoms with Gasteiger partial charge in [-0.05, 0) is 41.1 Å². The number of ether oxygens (including phenoxy) is 3. The number of nitrogens with zero attached hydrogens (tertiary/aromatic N) is 1. The van der Waals surface area contributed by atoms with Gasteiger partial charge in [-0.15, -0.1) is 11.3 Å². The number of fused-ring (bicyclic) bond motifs is 1.